The Morgan fingerprint density at radius 3 is 2.72 bits per heavy atom. The maximum atomic E-state index is 13.3. The van der Waals surface area contributed by atoms with E-state index < -0.39 is 0 Å². The highest BCUT2D eigenvalue weighted by Crippen LogP contribution is 2.31. The number of thiazole rings is 1. The number of hydrogen-bond acceptors (Lipinski definition) is 8. The molecule has 1 amide bonds. The first kappa shape index (κ1) is 20.8. The van der Waals surface area contributed by atoms with E-state index in [4.69, 9.17) is 8.94 Å². The smallest absolute Gasteiger partial charge is 0.259 e. The van der Waals surface area contributed by atoms with Crippen LogP contribution in [0.4, 0.5) is 5.13 Å². The van der Waals surface area contributed by atoms with Gasteiger partial charge in [0.2, 0.25) is 0 Å². The van der Waals surface area contributed by atoms with Crippen LogP contribution in [0.15, 0.2) is 26.5 Å². The van der Waals surface area contributed by atoms with E-state index in [1.54, 1.807) is 13.0 Å². The molecule has 0 radical (unpaired) electrons. The highest BCUT2D eigenvalue weighted by Gasteiger charge is 2.22. The van der Waals surface area contributed by atoms with E-state index in [1.165, 1.54) is 30.6 Å². The van der Waals surface area contributed by atoms with E-state index >= 15 is 0 Å². The predicted octanol–water partition coefficient (Wildman–Crippen LogP) is 5.10. The van der Waals surface area contributed by atoms with Gasteiger partial charge in [-0.2, -0.15) is 0 Å². The van der Waals surface area contributed by atoms with E-state index in [0.717, 1.165) is 42.4 Å². The van der Waals surface area contributed by atoms with Crippen molar-refractivity contribution in [1.82, 2.24) is 20.0 Å². The minimum atomic E-state index is -0.262. The van der Waals surface area contributed by atoms with Crippen LogP contribution in [-0.2, 0) is 6.54 Å². The SMILES string of the molecule is Cc1cc(-c2cc(C(=O)Nc3nc(CN4CCCCC4)cs3)c3c(C)noc3n2)c(C)o1. The summed E-state index contributed by atoms with van der Waals surface area (Å²) in [5.74, 6) is 1.25. The molecule has 5 heterocycles. The number of rotatable bonds is 5. The molecule has 1 fully saturated rings. The molecule has 0 aromatic carbocycles. The number of likely N-dealkylation sites (tertiary alicyclic amines) is 1. The van der Waals surface area contributed by atoms with E-state index in [-0.39, 0.29) is 5.91 Å². The summed E-state index contributed by atoms with van der Waals surface area (Å²) in [6, 6.07) is 3.67. The number of pyridine rings is 1. The van der Waals surface area contributed by atoms with E-state index in [1.807, 2.05) is 25.3 Å². The Labute approximate surface area is 189 Å². The van der Waals surface area contributed by atoms with Gasteiger partial charge in [-0.3, -0.25) is 15.0 Å². The zero-order valence-electron chi connectivity index (χ0n) is 18.4. The molecule has 0 aliphatic carbocycles. The lowest BCUT2D eigenvalue weighted by Gasteiger charge is -2.25. The van der Waals surface area contributed by atoms with Crippen molar-refractivity contribution in [3.05, 3.63) is 46.0 Å². The van der Waals surface area contributed by atoms with Gasteiger partial charge in [-0.25, -0.2) is 9.97 Å². The number of piperidine rings is 1. The largest absolute Gasteiger partial charge is 0.466 e. The number of hydrogen-bond donors (Lipinski definition) is 1. The van der Waals surface area contributed by atoms with E-state index in [9.17, 15) is 4.79 Å². The minimum Gasteiger partial charge on any atom is -0.466 e. The molecule has 0 saturated carbocycles. The van der Waals surface area contributed by atoms with Crippen molar-refractivity contribution in [2.24, 2.45) is 0 Å². The lowest BCUT2D eigenvalue weighted by molar-refractivity contribution is 0.102. The summed E-state index contributed by atoms with van der Waals surface area (Å²) in [5.41, 5.74) is 3.82. The molecule has 1 aliphatic rings. The van der Waals surface area contributed by atoms with Crippen molar-refractivity contribution in [2.75, 3.05) is 18.4 Å². The predicted molar refractivity (Wildman–Crippen MR) is 123 cm³/mol. The summed E-state index contributed by atoms with van der Waals surface area (Å²) >= 11 is 1.44. The molecule has 1 N–H and O–H groups in total. The second-order valence-electron chi connectivity index (χ2n) is 8.27. The number of amides is 1. The molecule has 0 unspecified atom stereocenters. The monoisotopic (exact) mass is 451 g/mol. The van der Waals surface area contributed by atoms with E-state index in [0.29, 0.717) is 33.2 Å². The van der Waals surface area contributed by atoms with Gasteiger partial charge in [0, 0.05) is 17.5 Å². The van der Waals surface area contributed by atoms with Crippen LogP contribution in [0.5, 0.6) is 0 Å². The molecule has 4 aromatic rings. The van der Waals surface area contributed by atoms with Crippen molar-refractivity contribution in [2.45, 2.75) is 46.6 Å². The molecule has 4 aromatic heterocycles. The van der Waals surface area contributed by atoms with Crippen LogP contribution >= 0.6 is 11.3 Å². The Hall–Kier alpha value is -3.04. The lowest BCUT2D eigenvalue weighted by Crippen LogP contribution is -2.29. The first-order chi connectivity index (χ1) is 15.5. The maximum Gasteiger partial charge on any atom is 0.259 e. The summed E-state index contributed by atoms with van der Waals surface area (Å²) in [4.78, 5) is 24.9. The normalized spacial score (nSPS) is 14.8. The van der Waals surface area contributed by atoms with Crippen molar-refractivity contribution in [3.63, 3.8) is 0 Å². The lowest BCUT2D eigenvalue weighted by atomic mass is 10.1. The van der Waals surface area contributed by atoms with Crippen molar-refractivity contribution >= 4 is 33.5 Å². The molecule has 8 nitrogen and oxygen atoms in total. The Kier molecular flexibility index (Phi) is 5.52. The molecular formula is C23H25N5O3S. The average Bonchev–Trinajstić information content (AvgIpc) is 3.47. The fourth-order valence-corrected chi connectivity index (χ4v) is 4.94. The first-order valence-electron chi connectivity index (χ1n) is 10.8. The summed E-state index contributed by atoms with van der Waals surface area (Å²) in [6.07, 6.45) is 3.78. The quantitative estimate of drug-likeness (QED) is 0.451. The topological polar surface area (TPSA) is 97.3 Å². The van der Waals surface area contributed by atoms with Crippen LogP contribution in [0.1, 0.15) is 52.5 Å². The number of nitrogens with one attached hydrogen (secondary N) is 1. The molecule has 0 spiro atoms. The van der Waals surface area contributed by atoms with Crippen LogP contribution in [0.25, 0.3) is 22.4 Å². The third kappa shape index (κ3) is 4.05. The first-order valence-corrected chi connectivity index (χ1v) is 11.7. The summed E-state index contributed by atoms with van der Waals surface area (Å²) < 4.78 is 11.0. The summed E-state index contributed by atoms with van der Waals surface area (Å²) in [5, 5.41) is 10.2. The molecule has 9 heteroatoms. The van der Waals surface area contributed by atoms with Gasteiger partial charge in [-0.15, -0.1) is 11.3 Å². The number of aromatic nitrogens is 3. The van der Waals surface area contributed by atoms with E-state index in [2.05, 4.69) is 25.3 Å². The fraction of sp³-hybridized carbons (Fsp3) is 0.391. The number of nitrogens with zero attached hydrogens (tertiary/aromatic N) is 4. The Balaban J connectivity index is 1.43. The molecule has 5 rings (SSSR count). The van der Waals surface area contributed by atoms with Gasteiger partial charge in [-0.05, 0) is 58.8 Å². The minimum absolute atomic E-state index is 0.262. The molecule has 0 bridgehead atoms. The Morgan fingerprint density at radius 2 is 1.97 bits per heavy atom. The molecule has 0 atom stereocenters. The van der Waals surface area contributed by atoms with Gasteiger partial charge >= 0.3 is 0 Å². The Morgan fingerprint density at radius 1 is 1.16 bits per heavy atom. The van der Waals surface area contributed by atoms with Gasteiger partial charge in [0.1, 0.15) is 11.5 Å². The molecular weight excluding hydrogens is 426 g/mol. The standard InChI is InChI=1S/C23H25N5O3S/c1-13-9-17(15(3)30-13)19-10-18(20-14(2)27-31-22(20)25-19)21(29)26-23-24-16(12-32-23)11-28-7-5-4-6-8-28/h9-10,12H,4-8,11H2,1-3H3,(H,24,26,29). The number of carbonyl (C=O) groups is 1. The van der Waals surface area contributed by atoms with Gasteiger partial charge in [-0.1, -0.05) is 11.6 Å². The number of furan rings is 1. The third-order valence-electron chi connectivity index (χ3n) is 5.79. The summed E-state index contributed by atoms with van der Waals surface area (Å²) in [7, 11) is 0. The van der Waals surface area contributed by atoms with Gasteiger partial charge in [0.25, 0.3) is 11.6 Å². The summed E-state index contributed by atoms with van der Waals surface area (Å²) in [6.45, 7) is 8.59. The third-order valence-corrected chi connectivity index (χ3v) is 6.59. The molecule has 1 saturated heterocycles. The Bertz CT molecular complexity index is 1280. The average molecular weight is 452 g/mol. The number of carbonyl (C=O) groups excluding carboxylic acids is 1. The van der Waals surface area contributed by atoms with Gasteiger partial charge < -0.3 is 8.94 Å². The maximum absolute atomic E-state index is 13.3. The molecule has 32 heavy (non-hydrogen) atoms. The molecule has 166 valence electrons. The van der Waals surface area contributed by atoms with Crippen molar-refractivity contribution in [3.8, 4) is 11.3 Å². The number of anilines is 1. The number of aryl methyl sites for hydroxylation is 3. The van der Waals surface area contributed by atoms with Gasteiger partial charge in [0.15, 0.2) is 5.13 Å². The second kappa shape index (κ2) is 8.48. The van der Waals surface area contributed by atoms with Crippen LogP contribution in [0.2, 0.25) is 0 Å². The van der Waals surface area contributed by atoms with Crippen LogP contribution in [0, 0.1) is 20.8 Å². The van der Waals surface area contributed by atoms with Crippen molar-refractivity contribution < 1.29 is 13.7 Å². The highest BCUT2D eigenvalue weighted by molar-refractivity contribution is 7.14. The van der Waals surface area contributed by atoms with Gasteiger partial charge in [0.05, 0.1) is 28.0 Å². The fourth-order valence-electron chi connectivity index (χ4n) is 4.24. The number of fused-ring (bicyclic) bond motifs is 1. The zero-order valence-corrected chi connectivity index (χ0v) is 19.2. The van der Waals surface area contributed by atoms with Crippen LogP contribution < -0.4 is 5.32 Å². The van der Waals surface area contributed by atoms with Crippen LogP contribution in [-0.4, -0.2) is 39.0 Å². The second-order valence-corrected chi connectivity index (χ2v) is 9.12. The van der Waals surface area contributed by atoms with Crippen molar-refractivity contribution in [1.29, 1.82) is 0 Å². The van der Waals surface area contributed by atoms with Crippen LogP contribution in [0.3, 0.4) is 0 Å². The highest BCUT2D eigenvalue weighted by atomic mass is 32.1. The zero-order chi connectivity index (χ0) is 22.2. The molecule has 1 aliphatic heterocycles.